The number of carbonyl (C=O) groups is 1. The van der Waals surface area contributed by atoms with E-state index in [4.69, 9.17) is 4.42 Å². The Morgan fingerprint density at radius 2 is 2.13 bits per heavy atom. The highest BCUT2D eigenvalue weighted by atomic mass is 32.2. The second-order valence-electron chi connectivity index (χ2n) is 5.46. The molecular weight excluding hydrogens is 336 g/mol. The lowest BCUT2D eigenvalue weighted by atomic mass is 9.97. The van der Waals surface area contributed by atoms with Gasteiger partial charge in [0.05, 0.1) is 12.5 Å². The fraction of sp³-hybridized carbons (Fsp3) is 0.400. The average Bonchev–Trinajstić information content (AvgIpc) is 3.26. The molecule has 1 aliphatic rings. The van der Waals surface area contributed by atoms with Crippen LogP contribution in [-0.2, 0) is 21.4 Å². The highest BCUT2D eigenvalue weighted by Gasteiger charge is 2.32. The van der Waals surface area contributed by atoms with Crippen molar-refractivity contribution in [1.82, 2.24) is 9.62 Å². The van der Waals surface area contributed by atoms with Crippen LogP contribution in [0.1, 0.15) is 18.4 Å². The molecule has 0 unspecified atom stereocenters. The first-order valence-corrected chi connectivity index (χ1v) is 9.72. The Bertz CT molecular complexity index is 731. The maximum Gasteiger partial charge on any atom is 0.252 e. The van der Waals surface area contributed by atoms with E-state index in [1.807, 2.05) is 0 Å². The van der Waals surface area contributed by atoms with Gasteiger partial charge in [0, 0.05) is 31.1 Å². The molecule has 124 valence electrons. The third kappa shape index (κ3) is 3.65. The van der Waals surface area contributed by atoms with Gasteiger partial charge < -0.3 is 9.73 Å². The van der Waals surface area contributed by atoms with Gasteiger partial charge >= 0.3 is 0 Å². The normalized spacial score (nSPS) is 17.2. The Kier molecular flexibility index (Phi) is 4.84. The fourth-order valence-electron chi connectivity index (χ4n) is 2.62. The summed E-state index contributed by atoms with van der Waals surface area (Å²) in [6, 6.07) is 5.15. The number of nitrogens with zero attached hydrogens (tertiary/aromatic N) is 1. The SMILES string of the molecule is O=C(NCc1ccoc1)C1CCN(S(=O)(=O)c2cccs2)CC1. The molecule has 2 aromatic heterocycles. The lowest BCUT2D eigenvalue weighted by molar-refractivity contribution is -0.126. The Hall–Kier alpha value is -1.64. The van der Waals surface area contributed by atoms with Crippen LogP contribution in [0.5, 0.6) is 0 Å². The van der Waals surface area contributed by atoms with Crippen molar-refractivity contribution in [3.63, 3.8) is 0 Å². The molecule has 1 saturated heterocycles. The van der Waals surface area contributed by atoms with Gasteiger partial charge in [-0.2, -0.15) is 4.31 Å². The molecule has 3 rings (SSSR count). The molecule has 0 atom stereocenters. The smallest absolute Gasteiger partial charge is 0.252 e. The largest absolute Gasteiger partial charge is 0.472 e. The first-order valence-electron chi connectivity index (χ1n) is 7.40. The molecule has 1 amide bonds. The van der Waals surface area contributed by atoms with E-state index in [-0.39, 0.29) is 11.8 Å². The quantitative estimate of drug-likeness (QED) is 0.891. The highest BCUT2D eigenvalue weighted by Crippen LogP contribution is 2.26. The molecule has 0 radical (unpaired) electrons. The van der Waals surface area contributed by atoms with Gasteiger partial charge in [-0.1, -0.05) is 6.07 Å². The summed E-state index contributed by atoms with van der Waals surface area (Å²) in [5, 5.41) is 4.62. The Labute approximate surface area is 139 Å². The zero-order chi connectivity index (χ0) is 16.3. The standard InChI is InChI=1S/C15H18N2O4S2/c18-15(16-10-12-5-8-21-11-12)13-3-6-17(7-4-13)23(19,20)14-2-1-9-22-14/h1-2,5,8-9,11,13H,3-4,6-7,10H2,(H,16,18). The fourth-order valence-corrected chi connectivity index (χ4v) is 5.24. The molecule has 1 aliphatic heterocycles. The first kappa shape index (κ1) is 16.2. The minimum atomic E-state index is -3.41. The summed E-state index contributed by atoms with van der Waals surface area (Å²) >= 11 is 1.22. The molecule has 1 fully saturated rings. The van der Waals surface area contributed by atoms with Gasteiger partial charge in [-0.3, -0.25) is 4.79 Å². The first-order chi connectivity index (χ1) is 11.1. The maximum atomic E-state index is 12.4. The lowest BCUT2D eigenvalue weighted by Gasteiger charge is -2.30. The molecule has 0 aromatic carbocycles. The number of hydrogen-bond donors (Lipinski definition) is 1. The monoisotopic (exact) mass is 354 g/mol. The number of hydrogen-bond acceptors (Lipinski definition) is 5. The molecule has 2 aromatic rings. The third-order valence-electron chi connectivity index (χ3n) is 3.96. The van der Waals surface area contributed by atoms with Gasteiger partial charge in [0.2, 0.25) is 5.91 Å². The molecule has 6 nitrogen and oxygen atoms in total. The second-order valence-corrected chi connectivity index (χ2v) is 8.57. The van der Waals surface area contributed by atoms with Gasteiger partial charge in [0.25, 0.3) is 10.0 Å². The summed E-state index contributed by atoms with van der Waals surface area (Å²) in [4.78, 5) is 12.2. The molecular formula is C15H18N2O4S2. The van der Waals surface area contributed by atoms with Crippen molar-refractivity contribution in [1.29, 1.82) is 0 Å². The summed E-state index contributed by atoms with van der Waals surface area (Å²) in [5.74, 6) is -0.170. The van der Waals surface area contributed by atoms with E-state index in [2.05, 4.69) is 5.32 Å². The molecule has 8 heteroatoms. The van der Waals surface area contributed by atoms with E-state index < -0.39 is 10.0 Å². The van der Waals surface area contributed by atoms with Crippen molar-refractivity contribution in [2.75, 3.05) is 13.1 Å². The van der Waals surface area contributed by atoms with Crippen molar-refractivity contribution in [2.24, 2.45) is 5.92 Å². The van der Waals surface area contributed by atoms with E-state index in [1.165, 1.54) is 15.6 Å². The van der Waals surface area contributed by atoms with Crippen LogP contribution in [0.3, 0.4) is 0 Å². The number of nitrogens with one attached hydrogen (secondary N) is 1. The van der Waals surface area contributed by atoms with Gasteiger partial charge in [-0.15, -0.1) is 11.3 Å². The zero-order valence-electron chi connectivity index (χ0n) is 12.5. The minimum absolute atomic E-state index is 0.0284. The number of piperidine rings is 1. The number of furan rings is 1. The molecule has 0 saturated carbocycles. The third-order valence-corrected chi connectivity index (χ3v) is 7.23. The van der Waals surface area contributed by atoms with Crippen molar-refractivity contribution >= 4 is 27.3 Å². The van der Waals surface area contributed by atoms with Crippen molar-refractivity contribution in [3.8, 4) is 0 Å². The topological polar surface area (TPSA) is 79.6 Å². The Morgan fingerprint density at radius 3 is 2.74 bits per heavy atom. The van der Waals surface area contributed by atoms with Crippen molar-refractivity contribution in [3.05, 3.63) is 41.7 Å². The van der Waals surface area contributed by atoms with Crippen LogP contribution >= 0.6 is 11.3 Å². The number of rotatable bonds is 5. The van der Waals surface area contributed by atoms with Gasteiger partial charge in [0.15, 0.2) is 0 Å². The van der Waals surface area contributed by atoms with Gasteiger partial charge in [0.1, 0.15) is 4.21 Å². The van der Waals surface area contributed by atoms with Crippen LogP contribution in [0.4, 0.5) is 0 Å². The van der Waals surface area contributed by atoms with E-state index in [0.29, 0.717) is 36.7 Å². The van der Waals surface area contributed by atoms with Crippen LogP contribution in [0.2, 0.25) is 0 Å². The van der Waals surface area contributed by atoms with Crippen LogP contribution < -0.4 is 5.32 Å². The van der Waals surface area contributed by atoms with E-state index >= 15 is 0 Å². The van der Waals surface area contributed by atoms with Crippen molar-refractivity contribution < 1.29 is 17.6 Å². The molecule has 0 spiro atoms. The van der Waals surface area contributed by atoms with Crippen LogP contribution in [0.15, 0.2) is 44.7 Å². The minimum Gasteiger partial charge on any atom is -0.472 e. The Balaban J connectivity index is 1.53. The summed E-state index contributed by atoms with van der Waals surface area (Å²) in [5.41, 5.74) is 0.913. The summed E-state index contributed by atoms with van der Waals surface area (Å²) in [6.07, 6.45) is 4.25. The summed E-state index contributed by atoms with van der Waals surface area (Å²) in [7, 11) is -3.41. The lowest BCUT2D eigenvalue weighted by Crippen LogP contribution is -2.42. The predicted molar refractivity (Wildman–Crippen MR) is 86.4 cm³/mol. The van der Waals surface area contributed by atoms with E-state index in [1.54, 1.807) is 36.1 Å². The van der Waals surface area contributed by atoms with Crippen LogP contribution in [0.25, 0.3) is 0 Å². The summed E-state index contributed by atoms with van der Waals surface area (Å²) in [6.45, 7) is 1.19. The van der Waals surface area contributed by atoms with E-state index in [0.717, 1.165) is 5.56 Å². The average molecular weight is 354 g/mol. The summed E-state index contributed by atoms with van der Waals surface area (Å²) < 4.78 is 31.7. The van der Waals surface area contributed by atoms with Gasteiger partial charge in [-0.25, -0.2) is 8.42 Å². The molecule has 0 aliphatic carbocycles. The number of carbonyl (C=O) groups excluding carboxylic acids is 1. The molecule has 3 heterocycles. The molecule has 1 N–H and O–H groups in total. The van der Waals surface area contributed by atoms with E-state index in [9.17, 15) is 13.2 Å². The van der Waals surface area contributed by atoms with Gasteiger partial charge in [-0.05, 0) is 30.4 Å². The number of thiophene rings is 1. The number of sulfonamides is 1. The zero-order valence-corrected chi connectivity index (χ0v) is 14.1. The highest BCUT2D eigenvalue weighted by molar-refractivity contribution is 7.91. The Morgan fingerprint density at radius 1 is 1.35 bits per heavy atom. The van der Waals surface area contributed by atoms with Crippen LogP contribution in [0, 0.1) is 5.92 Å². The molecule has 0 bridgehead atoms. The molecule has 23 heavy (non-hydrogen) atoms. The maximum absolute atomic E-state index is 12.4. The number of amides is 1. The second kappa shape index (κ2) is 6.86. The van der Waals surface area contributed by atoms with Crippen molar-refractivity contribution in [2.45, 2.75) is 23.6 Å². The predicted octanol–water partition coefficient (Wildman–Crippen LogP) is 2.06. The van der Waals surface area contributed by atoms with Crippen LogP contribution in [-0.4, -0.2) is 31.7 Å².